The lowest BCUT2D eigenvalue weighted by atomic mass is 9.75. The lowest BCUT2D eigenvalue weighted by Crippen LogP contribution is -2.77. The van der Waals surface area contributed by atoms with E-state index in [1.165, 1.54) is 42.5 Å². The first-order chi connectivity index (χ1) is 17.4. The van der Waals surface area contributed by atoms with E-state index in [0.29, 0.717) is 4.88 Å². The average molecular weight is 545 g/mol. The molecule has 3 N–H and O–H groups in total. The number of hydrogen-bond donors (Lipinski definition) is 3. The third-order valence-corrected chi connectivity index (χ3v) is 8.40. The number of rotatable bonds is 11. The highest BCUT2D eigenvalue weighted by Crippen LogP contribution is 2.33. The Bertz CT molecular complexity index is 1360. The molecule has 11 heteroatoms. The Labute approximate surface area is 219 Å². The van der Waals surface area contributed by atoms with Gasteiger partial charge in [0.05, 0.1) is 11.5 Å². The molecule has 0 aliphatic rings. The number of thiophene rings is 1. The molecule has 196 valence electrons. The molecule has 0 spiro atoms. The number of carboxylic acids is 1. The Morgan fingerprint density at radius 2 is 1.65 bits per heavy atom. The van der Waals surface area contributed by atoms with Crippen LogP contribution >= 0.6 is 11.3 Å². The van der Waals surface area contributed by atoms with Gasteiger partial charge >= 0.3 is 11.9 Å². The van der Waals surface area contributed by atoms with Crippen LogP contribution < -0.4 is 10.0 Å². The average Bonchev–Trinajstić information content (AvgIpc) is 3.37. The molecule has 0 aliphatic heterocycles. The van der Waals surface area contributed by atoms with E-state index in [9.17, 15) is 27.9 Å². The minimum atomic E-state index is -4.46. The van der Waals surface area contributed by atoms with Crippen LogP contribution in [0.4, 0.5) is 0 Å². The second-order valence-corrected chi connectivity index (χ2v) is 11.3. The van der Waals surface area contributed by atoms with Crippen molar-refractivity contribution in [1.82, 2.24) is 10.0 Å². The van der Waals surface area contributed by atoms with Crippen molar-refractivity contribution in [2.24, 2.45) is 0 Å². The van der Waals surface area contributed by atoms with Crippen LogP contribution in [0, 0.1) is 6.92 Å². The Morgan fingerprint density at radius 3 is 2.19 bits per heavy atom. The Morgan fingerprint density at radius 1 is 1.00 bits per heavy atom. The number of esters is 1. The van der Waals surface area contributed by atoms with E-state index in [4.69, 9.17) is 4.74 Å². The molecular weight excluding hydrogens is 516 g/mol. The van der Waals surface area contributed by atoms with E-state index >= 15 is 0 Å². The number of carboxylic acid groups (broad SMARTS) is 1. The van der Waals surface area contributed by atoms with Gasteiger partial charge in [0.2, 0.25) is 10.0 Å². The summed E-state index contributed by atoms with van der Waals surface area (Å²) < 4.78 is 34.4. The largest absolute Gasteiger partial charge is 0.479 e. The van der Waals surface area contributed by atoms with Crippen molar-refractivity contribution < 1.29 is 32.6 Å². The van der Waals surface area contributed by atoms with Crippen molar-refractivity contribution in [2.45, 2.75) is 43.2 Å². The summed E-state index contributed by atoms with van der Waals surface area (Å²) in [6, 6.07) is 17.0. The van der Waals surface area contributed by atoms with Crippen LogP contribution in [0.5, 0.6) is 0 Å². The van der Waals surface area contributed by atoms with Gasteiger partial charge in [-0.3, -0.25) is 4.79 Å². The Kier molecular flexibility index (Phi) is 8.52. The number of nitrogens with one attached hydrogen (secondary N) is 2. The van der Waals surface area contributed by atoms with E-state index in [2.05, 4.69) is 10.0 Å². The summed E-state index contributed by atoms with van der Waals surface area (Å²) >= 11 is 1.20. The summed E-state index contributed by atoms with van der Waals surface area (Å²) in [5, 5.41) is 14.8. The molecule has 37 heavy (non-hydrogen) atoms. The lowest BCUT2D eigenvalue weighted by Gasteiger charge is -2.44. The predicted molar refractivity (Wildman–Crippen MR) is 139 cm³/mol. The van der Waals surface area contributed by atoms with Crippen LogP contribution in [0.15, 0.2) is 77.0 Å². The molecule has 0 radical (unpaired) electrons. The maximum Gasteiger partial charge on any atom is 0.332 e. The summed E-state index contributed by atoms with van der Waals surface area (Å²) in [5.74, 6) is -3.57. The number of carbonyl (C=O) groups excluding carboxylic acids is 2. The van der Waals surface area contributed by atoms with E-state index in [1.54, 1.807) is 54.8 Å². The number of benzene rings is 2. The van der Waals surface area contributed by atoms with E-state index < -0.39 is 45.4 Å². The number of sulfonamides is 1. The van der Waals surface area contributed by atoms with Crippen LogP contribution in [0.1, 0.15) is 34.6 Å². The second kappa shape index (κ2) is 11.2. The minimum Gasteiger partial charge on any atom is -0.479 e. The van der Waals surface area contributed by atoms with Gasteiger partial charge in [-0.2, -0.15) is 4.72 Å². The number of ether oxygens (including phenoxy) is 1. The van der Waals surface area contributed by atoms with Crippen molar-refractivity contribution in [3.8, 4) is 0 Å². The van der Waals surface area contributed by atoms with Crippen LogP contribution in [0.2, 0.25) is 0 Å². The smallest absolute Gasteiger partial charge is 0.332 e. The van der Waals surface area contributed by atoms with Gasteiger partial charge in [0.1, 0.15) is 0 Å². The highest BCUT2D eigenvalue weighted by molar-refractivity contribution is 7.89. The summed E-state index contributed by atoms with van der Waals surface area (Å²) in [6.07, 6.45) is -0.399. The zero-order chi connectivity index (χ0) is 27.3. The summed E-state index contributed by atoms with van der Waals surface area (Å²) in [6.45, 7) is 4.25. The highest BCUT2D eigenvalue weighted by Gasteiger charge is 2.62. The fourth-order valence-corrected chi connectivity index (χ4v) is 6.04. The monoisotopic (exact) mass is 544 g/mol. The van der Waals surface area contributed by atoms with Crippen molar-refractivity contribution in [3.05, 3.63) is 88.1 Å². The standard InChI is InChI=1S/C26H28N2O7S2/c1-4-35-24(32)25(3,28-37(33,34)21-14-12-18(2)13-15-21)26(23(30)31,17-20-11-8-16-36-20)27-22(29)19-9-6-5-7-10-19/h5-16,28H,4,17H2,1-3H3,(H,27,29)(H,30,31)/t25-,26?/m1/s1. The fourth-order valence-electron chi connectivity index (χ4n) is 3.84. The predicted octanol–water partition coefficient (Wildman–Crippen LogP) is 3.15. The van der Waals surface area contributed by atoms with E-state index in [-0.39, 0.29) is 17.1 Å². The third kappa shape index (κ3) is 5.90. The maximum absolute atomic E-state index is 13.5. The molecule has 9 nitrogen and oxygen atoms in total. The van der Waals surface area contributed by atoms with Gasteiger partial charge in [-0.1, -0.05) is 42.0 Å². The number of aryl methyl sites for hydroxylation is 1. The van der Waals surface area contributed by atoms with Crippen molar-refractivity contribution in [1.29, 1.82) is 0 Å². The Balaban J connectivity index is 2.23. The summed E-state index contributed by atoms with van der Waals surface area (Å²) in [7, 11) is -4.46. The van der Waals surface area contributed by atoms with Crippen molar-refractivity contribution in [2.75, 3.05) is 6.61 Å². The van der Waals surface area contributed by atoms with Gasteiger partial charge in [-0.15, -0.1) is 11.3 Å². The molecule has 3 rings (SSSR count). The van der Waals surface area contributed by atoms with Crippen molar-refractivity contribution in [3.63, 3.8) is 0 Å². The quantitative estimate of drug-likeness (QED) is 0.315. The first-order valence-electron chi connectivity index (χ1n) is 11.4. The van der Waals surface area contributed by atoms with Gasteiger partial charge in [0.15, 0.2) is 11.1 Å². The molecule has 0 saturated carbocycles. The number of amides is 1. The van der Waals surface area contributed by atoms with Crippen LogP contribution in [0.3, 0.4) is 0 Å². The fraction of sp³-hybridized carbons (Fsp3) is 0.269. The number of aliphatic carboxylic acids is 1. The molecule has 1 aromatic heterocycles. The molecule has 0 bridgehead atoms. The minimum absolute atomic E-state index is 0.131. The third-order valence-electron chi connectivity index (χ3n) is 5.95. The maximum atomic E-state index is 13.5. The first-order valence-corrected chi connectivity index (χ1v) is 13.7. The van der Waals surface area contributed by atoms with Crippen LogP contribution in [-0.2, 0) is 30.8 Å². The molecule has 0 saturated heterocycles. The van der Waals surface area contributed by atoms with Gasteiger partial charge in [-0.05, 0) is 56.5 Å². The van der Waals surface area contributed by atoms with Gasteiger partial charge in [-0.25, -0.2) is 18.0 Å². The SMILES string of the molecule is CCOC(=O)[C@@](C)(NS(=O)(=O)c1ccc(C)cc1)C(Cc1cccs1)(NC(=O)c1ccccc1)C(=O)O. The van der Waals surface area contributed by atoms with Gasteiger partial charge in [0, 0.05) is 16.9 Å². The zero-order valence-corrected chi connectivity index (χ0v) is 22.2. The lowest BCUT2D eigenvalue weighted by molar-refractivity contribution is -0.162. The highest BCUT2D eigenvalue weighted by atomic mass is 32.2. The van der Waals surface area contributed by atoms with Crippen LogP contribution in [-0.4, -0.2) is 49.1 Å². The second-order valence-electron chi connectivity index (χ2n) is 8.55. The molecule has 0 fully saturated rings. The molecule has 1 amide bonds. The van der Waals surface area contributed by atoms with E-state index in [1.807, 2.05) is 0 Å². The van der Waals surface area contributed by atoms with Crippen LogP contribution in [0.25, 0.3) is 0 Å². The molecular formula is C26H28N2O7S2. The van der Waals surface area contributed by atoms with Gasteiger partial charge in [0.25, 0.3) is 5.91 Å². The van der Waals surface area contributed by atoms with Gasteiger partial charge < -0.3 is 15.2 Å². The normalized spacial score (nSPS) is 14.7. The summed E-state index contributed by atoms with van der Waals surface area (Å²) in [4.78, 5) is 40.2. The number of hydrogen-bond acceptors (Lipinski definition) is 7. The Hall–Kier alpha value is -3.54. The zero-order valence-electron chi connectivity index (χ0n) is 20.6. The van der Waals surface area contributed by atoms with Crippen molar-refractivity contribution >= 4 is 39.2 Å². The number of carbonyl (C=O) groups is 3. The molecule has 1 heterocycles. The molecule has 0 aliphatic carbocycles. The topological polar surface area (TPSA) is 139 Å². The van der Waals surface area contributed by atoms with E-state index in [0.717, 1.165) is 12.5 Å². The first kappa shape index (κ1) is 28.0. The molecule has 2 atom stereocenters. The summed E-state index contributed by atoms with van der Waals surface area (Å²) in [5.41, 5.74) is -4.01. The molecule has 3 aromatic rings. The molecule has 2 aromatic carbocycles. The molecule has 1 unspecified atom stereocenters.